The average Bonchev–Trinajstić information content (AvgIpc) is 2.71. The van der Waals surface area contributed by atoms with Crippen LogP contribution >= 0.6 is 0 Å². The van der Waals surface area contributed by atoms with Crippen molar-refractivity contribution in [3.63, 3.8) is 0 Å². The quantitative estimate of drug-likeness (QED) is 0.119. The molecule has 0 fully saturated rings. The maximum absolute atomic E-state index is 11.5. The van der Waals surface area contributed by atoms with Gasteiger partial charge in [-0.05, 0) is 19.3 Å². The molecule has 0 rings (SSSR count). The first-order valence-electron chi connectivity index (χ1n) is 11.0. The van der Waals surface area contributed by atoms with Gasteiger partial charge in [-0.25, -0.2) is 4.79 Å². The third-order valence-corrected chi connectivity index (χ3v) is 5.25. The van der Waals surface area contributed by atoms with Crippen molar-refractivity contribution in [2.75, 3.05) is 13.2 Å². The fourth-order valence-corrected chi connectivity index (χ4v) is 3.46. The Bertz CT molecular complexity index is 352. The summed E-state index contributed by atoms with van der Waals surface area (Å²) in [6.45, 7) is -0.201. The molecule has 0 aromatic rings. The van der Waals surface area contributed by atoms with Crippen molar-refractivity contribution in [2.24, 2.45) is 5.92 Å². The Morgan fingerprint density at radius 2 is 1.14 bits per heavy atom. The van der Waals surface area contributed by atoms with Gasteiger partial charge in [-0.1, -0.05) is 77.0 Å². The first-order valence-corrected chi connectivity index (χ1v) is 11.0. The van der Waals surface area contributed by atoms with Crippen molar-refractivity contribution in [1.82, 2.24) is 0 Å². The summed E-state index contributed by atoms with van der Waals surface area (Å²) in [5, 5.41) is 45.7. The topological polar surface area (TPSA) is 127 Å². The lowest BCUT2D eigenvalue weighted by molar-refractivity contribution is -0.243. The second-order valence-corrected chi connectivity index (χ2v) is 7.76. The van der Waals surface area contributed by atoms with Gasteiger partial charge in [0.05, 0.1) is 24.7 Å². The van der Waals surface area contributed by atoms with Crippen molar-refractivity contribution >= 4 is 5.97 Å². The molecular weight excluding hydrogens is 364 g/mol. The van der Waals surface area contributed by atoms with Gasteiger partial charge in [0.2, 0.25) is 0 Å². The number of aliphatic hydroxyl groups excluding tert-OH is 4. The molecule has 0 saturated carbocycles. The number of hydrogen-bond acceptors (Lipinski definition) is 7. The zero-order chi connectivity index (χ0) is 21.0. The van der Waals surface area contributed by atoms with Crippen LogP contribution in [0.25, 0.3) is 0 Å². The van der Waals surface area contributed by atoms with E-state index in [2.05, 4.69) is 4.89 Å². The number of carbonyl (C=O) groups excluding carboxylic acids is 1. The van der Waals surface area contributed by atoms with Gasteiger partial charge in [-0.15, -0.1) is 0 Å². The predicted molar refractivity (Wildman–Crippen MR) is 108 cm³/mol. The maximum Gasteiger partial charge on any atom is 0.347 e. The summed E-state index contributed by atoms with van der Waals surface area (Å²) in [6.07, 6.45) is 13.0. The van der Waals surface area contributed by atoms with E-state index in [9.17, 15) is 15.0 Å². The third-order valence-electron chi connectivity index (χ3n) is 5.25. The van der Waals surface area contributed by atoms with Crippen molar-refractivity contribution in [3.05, 3.63) is 0 Å². The highest BCUT2D eigenvalue weighted by atomic mass is 17.1. The molecule has 0 aliphatic heterocycles. The van der Waals surface area contributed by atoms with Crippen molar-refractivity contribution in [1.29, 1.82) is 0 Å². The summed E-state index contributed by atoms with van der Waals surface area (Å²) in [5.41, 5.74) is 0. The summed E-state index contributed by atoms with van der Waals surface area (Å²) >= 11 is 0. The highest BCUT2D eigenvalue weighted by Crippen LogP contribution is 2.20. The third kappa shape index (κ3) is 15.2. The number of hydrogen-bond donors (Lipinski definition) is 5. The van der Waals surface area contributed by atoms with E-state index >= 15 is 0 Å². The number of aliphatic hydroxyl groups is 4. The Morgan fingerprint density at radius 1 is 0.714 bits per heavy atom. The van der Waals surface area contributed by atoms with E-state index in [-0.39, 0.29) is 6.42 Å². The summed E-state index contributed by atoms with van der Waals surface area (Å²) in [4.78, 5) is 15.2. The van der Waals surface area contributed by atoms with Crippen LogP contribution < -0.4 is 0 Å². The van der Waals surface area contributed by atoms with Crippen LogP contribution in [-0.4, -0.2) is 57.1 Å². The van der Waals surface area contributed by atoms with Gasteiger partial charge in [0.1, 0.15) is 0 Å². The number of carbonyl (C=O) groups is 1. The minimum Gasteiger partial charge on any atom is -0.396 e. The Hall–Kier alpha value is -0.730. The van der Waals surface area contributed by atoms with Crippen molar-refractivity contribution in [3.8, 4) is 0 Å². The normalized spacial score (nSPS) is 14.6. The van der Waals surface area contributed by atoms with Crippen LogP contribution in [0.4, 0.5) is 0 Å². The molecule has 0 saturated heterocycles. The number of unbranched alkanes of at least 4 members (excludes halogenated alkanes) is 12. The molecule has 0 amide bonds. The van der Waals surface area contributed by atoms with Crippen LogP contribution in [0.2, 0.25) is 0 Å². The largest absolute Gasteiger partial charge is 0.396 e. The smallest absolute Gasteiger partial charge is 0.347 e. The molecule has 0 aliphatic carbocycles. The summed E-state index contributed by atoms with van der Waals surface area (Å²) < 4.78 is 0. The standard InChI is InChI=1S/C21H42O7/c22-15-13-11-9-7-5-3-1-2-4-6-8-10-12-14-20(25)19(21(26)28-27)16-18(24)17-23/h18-20,22-25,27H,1-17H2. The van der Waals surface area contributed by atoms with E-state index in [4.69, 9.17) is 15.5 Å². The Labute approximate surface area is 169 Å². The molecule has 0 aromatic carbocycles. The molecule has 7 heteroatoms. The molecule has 7 nitrogen and oxygen atoms in total. The lowest BCUT2D eigenvalue weighted by Gasteiger charge is -2.21. The van der Waals surface area contributed by atoms with Gasteiger partial charge in [-0.3, -0.25) is 0 Å². The highest BCUT2D eigenvalue weighted by Gasteiger charge is 2.30. The molecule has 3 atom stereocenters. The van der Waals surface area contributed by atoms with Crippen LogP contribution in [0, 0.1) is 5.92 Å². The maximum atomic E-state index is 11.5. The fraction of sp³-hybridized carbons (Fsp3) is 0.952. The lowest BCUT2D eigenvalue weighted by Crippen LogP contribution is -2.33. The molecule has 0 heterocycles. The van der Waals surface area contributed by atoms with Crippen LogP contribution in [0.3, 0.4) is 0 Å². The first-order chi connectivity index (χ1) is 13.6. The fourth-order valence-electron chi connectivity index (χ4n) is 3.46. The Morgan fingerprint density at radius 3 is 1.54 bits per heavy atom. The second kappa shape index (κ2) is 19.6. The Balaban J connectivity index is 3.61. The lowest BCUT2D eigenvalue weighted by atomic mass is 9.92. The predicted octanol–water partition coefficient (Wildman–Crippen LogP) is 3.18. The summed E-state index contributed by atoms with van der Waals surface area (Å²) in [6, 6.07) is 0. The van der Waals surface area contributed by atoms with Gasteiger partial charge in [0.25, 0.3) is 0 Å². The van der Waals surface area contributed by atoms with E-state index < -0.39 is 30.7 Å². The molecule has 0 bridgehead atoms. The number of rotatable bonds is 20. The van der Waals surface area contributed by atoms with Gasteiger partial charge in [-0.2, -0.15) is 5.26 Å². The molecule has 28 heavy (non-hydrogen) atoms. The van der Waals surface area contributed by atoms with E-state index in [1.54, 1.807) is 0 Å². The zero-order valence-corrected chi connectivity index (χ0v) is 17.3. The van der Waals surface area contributed by atoms with Crippen LogP contribution in [0.5, 0.6) is 0 Å². The molecule has 0 spiro atoms. The molecule has 5 N–H and O–H groups in total. The van der Waals surface area contributed by atoms with Crippen molar-refractivity contribution < 1.29 is 35.4 Å². The molecule has 0 aliphatic rings. The van der Waals surface area contributed by atoms with Gasteiger partial charge in [0, 0.05) is 6.61 Å². The molecule has 3 unspecified atom stereocenters. The van der Waals surface area contributed by atoms with E-state index in [1.807, 2.05) is 0 Å². The monoisotopic (exact) mass is 406 g/mol. The van der Waals surface area contributed by atoms with E-state index in [0.717, 1.165) is 38.5 Å². The minimum absolute atomic E-state index is 0.140. The first kappa shape index (κ1) is 27.3. The Kier molecular flexibility index (Phi) is 19.1. The summed E-state index contributed by atoms with van der Waals surface area (Å²) in [5.74, 6) is -2.01. The van der Waals surface area contributed by atoms with Crippen LogP contribution in [-0.2, 0) is 9.68 Å². The van der Waals surface area contributed by atoms with E-state index in [1.165, 1.54) is 44.9 Å². The van der Waals surface area contributed by atoms with Crippen LogP contribution in [0.15, 0.2) is 0 Å². The molecule has 168 valence electrons. The highest BCUT2D eigenvalue weighted by molar-refractivity contribution is 5.72. The SMILES string of the molecule is O=C(OO)C(CC(O)CO)C(O)CCCCCCCCCCCCCCCO. The van der Waals surface area contributed by atoms with Crippen molar-refractivity contribution in [2.45, 2.75) is 109 Å². The molecule has 0 aromatic heterocycles. The molecule has 0 radical (unpaired) electrons. The van der Waals surface area contributed by atoms with E-state index in [0.29, 0.717) is 13.0 Å². The average molecular weight is 407 g/mol. The van der Waals surface area contributed by atoms with Gasteiger partial charge < -0.3 is 25.3 Å². The van der Waals surface area contributed by atoms with Gasteiger partial charge >= 0.3 is 5.97 Å². The zero-order valence-electron chi connectivity index (χ0n) is 17.3. The molecular formula is C21H42O7. The van der Waals surface area contributed by atoms with Crippen LogP contribution in [0.1, 0.15) is 96.3 Å². The van der Waals surface area contributed by atoms with Gasteiger partial charge in [0.15, 0.2) is 0 Å². The minimum atomic E-state index is -1.13. The summed E-state index contributed by atoms with van der Waals surface area (Å²) in [7, 11) is 0. The second-order valence-electron chi connectivity index (χ2n) is 7.76.